The molecule has 3 amide bonds. The van der Waals surface area contributed by atoms with Gasteiger partial charge in [0, 0.05) is 6.42 Å². The van der Waals surface area contributed by atoms with Gasteiger partial charge in [-0.15, -0.1) is 0 Å². The van der Waals surface area contributed by atoms with Gasteiger partial charge in [-0.1, -0.05) is 0 Å². The average molecular weight is 324 g/mol. The molecule has 4 atom stereocenters. The van der Waals surface area contributed by atoms with Gasteiger partial charge in [0.1, 0.15) is 12.3 Å². The van der Waals surface area contributed by atoms with Gasteiger partial charge in [-0.05, 0) is 6.92 Å². The van der Waals surface area contributed by atoms with E-state index in [0.29, 0.717) is 0 Å². The Hall–Kier alpha value is -1.03. The molecule has 2 fully saturated rings. The van der Waals surface area contributed by atoms with Crippen molar-refractivity contribution < 1.29 is 38.9 Å². The maximum absolute atomic E-state index is 11.8. The lowest BCUT2D eigenvalue weighted by molar-refractivity contribution is -0.127. The first-order valence-electron chi connectivity index (χ1n) is 6.22. The number of carbonyl (C=O) groups is 2. The highest BCUT2D eigenvalue weighted by Crippen LogP contribution is 2.52. The van der Waals surface area contributed by atoms with Crippen molar-refractivity contribution in [2.75, 3.05) is 13.2 Å². The van der Waals surface area contributed by atoms with Crippen molar-refractivity contribution in [3.8, 4) is 0 Å². The molecule has 5 N–H and O–H groups in total. The van der Waals surface area contributed by atoms with E-state index in [0.717, 1.165) is 11.8 Å². The Morgan fingerprint density at radius 1 is 1.48 bits per heavy atom. The minimum Gasteiger partial charge on any atom is -0.394 e. The molecule has 2 heterocycles. The number of ether oxygens (including phenoxy) is 1. The number of rotatable bonds is 3. The SMILES string of the molecule is CC1(P(=O)(O)O)CN([C@H]2C[C@H](O)[C@@H](CO)O2)C(=O)NC1=O. The molecular formula is C10H17N2O8P. The fraction of sp³-hybridized carbons (Fsp3) is 0.800. The lowest BCUT2D eigenvalue weighted by Gasteiger charge is -2.41. The third-order valence-electron chi connectivity index (χ3n) is 3.82. The van der Waals surface area contributed by atoms with Gasteiger partial charge < -0.3 is 24.7 Å². The molecule has 21 heavy (non-hydrogen) atoms. The molecule has 0 aromatic heterocycles. The fourth-order valence-corrected chi connectivity index (χ4v) is 2.96. The number of carbonyl (C=O) groups excluding carboxylic acids is 2. The number of urea groups is 1. The second kappa shape index (κ2) is 5.31. The van der Waals surface area contributed by atoms with Crippen LogP contribution in [0.25, 0.3) is 0 Å². The Bertz CT molecular complexity index is 507. The number of nitrogens with zero attached hydrogens (tertiary/aromatic N) is 1. The normalized spacial score (nSPS) is 37.8. The molecule has 0 radical (unpaired) electrons. The number of amides is 3. The Morgan fingerprint density at radius 3 is 2.57 bits per heavy atom. The maximum atomic E-state index is 11.8. The zero-order chi connectivity index (χ0) is 16.0. The Labute approximate surface area is 119 Å². The summed E-state index contributed by atoms with van der Waals surface area (Å²) >= 11 is 0. The zero-order valence-corrected chi connectivity index (χ0v) is 12.1. The lowest BCUT2D eigenvalue weighted by Crippen LogP contribution is -2.64. The Kier molecular flexibility index (Phi) is 4.13. The summed E-state index contributed by atoms with van der Waals surface area (Å²) in [5.74, 6) is -1.06. The van der Waals surface area contributed by atoms with Gasteiger partial charge in [-0.3, -0.25) is 19.6 Å². The summed E-state index contributed by atoms with van der Waals surface area (Å²) < 4.78 is 16.8. The predicted octanol–water partition coefficient (Wildman–Crippen LogP) is -2.06. The minimum absolute atomic E-state index is 0.0237. The highest BCUT2D eigenvalue weighted by molar-refractivity contribution is 7.54. The minimum atomic E-state index is -4.82. The quantitative estimate of drug-likeness (QED) is 0.371. The Balaban J connectivity index is 2.23. The van der Waals surface area contributed by atoms with Crippen LogP contribution >= 0.6 is 7.60 Å². The number of hydrogen-bond acceptors (Lipinski definition) is 6. The summed E-state index contributed by atoms with van der Waals surface area (Å²) in [6.45, 7) is 0.0523. The van der Waals surface area contributed by atoms with Crippen LogP contribution in [0.1, 0.15) is 13.3 Å². The molecule has 0 aromatic carbocycles. The average Bonchev–Trinajstić information content (AvgIpc) is 2.73. The molecule has 0 saturated carbocycles. The highest BCUT2D eigenvalue weighted by Gasteiger charge is 2.56. The van der Waals surface area contributed by atoms with Crippen LogP contribution in [-0.4, -0.2) is 73.6 Å². The van der Waals surface area contributed by atoms with E-state index in [9.17, 15) is 29.0 Å². The number of imide groups is 1. The van der Waals surface area contributed by atoms with Gasteiger partial charge in [-0.2, -0.15) is 0 Å². The molecule has 11 heteroatoms. The van der Waals surface area contributed by atoms with E-state index in [1.807, 2.05) is 5.32 Å². The Morgan fingerprint density at radius 2 is 2.10 bits per heavy atom. The molecular weight excluding hydrogens is 307 g/mol. The van der Waals surface area contributed by atoms with Gasteiger partial charge in [0.05, 0.1) is 19.3 Å². The second-order valence-electron chi connectivity index (χ2n) is 5.32. The summed E-state index contributed by atoms with van der Waals surface area (Å²) in [6.07, 6.45) is -2.89. The number of aliphatic hydroxyl groups excluding tert-OH is 2. The molecule has 2 aliphatic heterocycles. The highest BCUT2D eigenvalue weighted by atomic mass is 31.2. The summed E-state index contributed by atoms with van der Waals surface area (Å²) in [6, 6.07) is -0.860. The first kappa shape index (κ1) is 16.3. The van der Waals surface area contributed by atoms with E-state index in [4.69, 9.17) is 9.84 Å². The summed E-state index contributed by atoms with van der Waals surface area (Å²) in [4.78, 5) is 43.2. The summed E-state index contributed by atoms with van der Waals surface area (Å²) in [7, 11) is -4.82. The number of hydrogen-bond donors (Lipinski definition) is 5. The van der Waals surface area contributed by atoms with Crippen LogP contribution in [0.2, 0.25) is 0 Å². The molecule has 120 valence electrons. The van der Waals surface area contributed by atoms with E-state index < -0.39 is 56.3 Å². The maximum Gasteiger partial charge on any atom is 0.342 e. The number of nitrogens with one attached hydrogen (secondary N) is 1. The van der Waals surface area contributed by atoms with Crippen molar-refractivity contribution in [3.05, 3.63) is 0 Å². The van der Waals surface area contributed by atoms with Gasteiger partial charge >= 0.3 is 13.6 Å². The van der Waals surface area contributed by atoms with Crippen LogP contribution < -0.4 is 5.32 Å². The monoisotopic (exact) mass is 324 g/mol. The van der Waals surface area contributed by atoms with Crippen molar-refractivity contribution in [2.45, 2.75) is 36.9 Å². The molecule has 0 aliphatic carbocycles. The standard InChI is InChI=1S/C10H17N2O8P/c1-10(21(17,18)19)4-12(9(16)11-8(10)15)7-2-5(14)6(3-13)20-7/h5-7,13-14H,2-4H2,1H3,(H,11,15,16)(H2,17,18,19)/t5-,6+,7+,10?/m0/s1. The van der Waals surface area contributed by atoms with E-state index in [2.05, 4.69) is 0 Å². The van der Waals surface area contributed by atoms with Crippen LogP contribution in [0.3, 0.4) is 0 Å². The van der Waals surface area contributed by atoms with E-state index in [1.165, 1.54) is 0 Å². The summed E-state index contributed by atoms with van der Waals surface area (Å²) in [5.41, 5.74) is 0. The largest absolute Gasteiger partial charge is 0.394 e. The second-order valence-corrected chi connectivity index (χ2v) is 7.39. The molecule has 0 bridgehead atoms. The van der Waals surface area contributed by atoms with E-state index >= 15 is 0 Å². The van der Waals surface area contributed by atoms with Gasteiger partial charge in [-0.25, -0.2) is 4.79 Å². The fourth-order valence-electron chi connectivity index (χ4n) is 2.31. The third-order valence-corrected chi connectivity index (χ3v) is 5.45. The molecule has 2 rings (SSSR count). The lowest BCUT2D eigenvalue weighted by atomic mass is 10.1. The smallest absolute Gasteiger partial charge is 0.342 e. The van der Waals surface area contributed by atoms with Crippen LogP contribution in [0.5, 0.6) is 0 Å². The van der Waals surface area contributed by atoms with Crippen LogP contribution in [0, 0.1) is 0 Å². The molecule has 0 spiro atoms. The van der Waals surface area contributed by atoms with Crippen molar-refractivity contribution >= 4 is 19.5 Å². The molecule has 2 aliphatic rings. The van der Waals surface area contributed by atoms with E-state index in [-0.39, 0.29) is 6.42 Å². The van der Waals surface area contributed by atoms with Crippen molar-refractivity contribution in [3.63, 3.8) is 0 Å². The first-order valence-corrected chi connectivity index (χ1v) is 7.83. The van der Waals surface area contributed by atoms with Crippen molar-refractivity contribution in [1.82, 2.24) is 10.2 Å². The first-order chi connectivity index (χ1) is 9.60. The number of aliphatic hydroxyl groups is 2. The van der Waals surface area contributed by atoms with Crippen molar-refractivity contribution in [1.29, 1.82) is 0 Å². The van der Waals surface area contributed by atoms with Gasteiger partial charge in [0.15, 0.2) is 5.16 Å². The predicted molar refractivity (Wildman–Crippen MR) is 67.1 cm³/mol. The molecule has 2 saturated heterocycles. The molecule has 10 nitrogen and oxygen atoms in total. The zero-order valence-electron chi connectivity index (χ0n) is 11.2. The van der Waals surface area contributed by atoms with E-state index in [1.54, 1.807) is 0 Å². The van der Waals surface area contributed by atoms with Crippen LogP contribution in [0.4, 0.5) is 4.79 Å². The van der Waals surface area contributed by atoms with Gasteiger partial charge in [0.25, 0.3) is 0 Å². The third kappa shape index (κ3) is 2.70. The topological polar surface area (TPSA) is 157 Å². The van der Waals surface area contributed by atoms with Crippen molar-refractivity contribution in [2.24, 2.45) is 0 Å². The summed E-state index contributed by atoms with van der Waals surface area (Å²) in [5, 5.41) is 18.5. The molecule has 1 unspecified atom stereocenters. The molecule has 0 aromatic rings. The van der Waals surface area contributed by atoms with Gasteiger partial charge in [0.2, 0.25) is 5.91 Å². The van der Waals surface area contributed by atoms with Crippen LogP contribution in [-0.2, 0) is 14.1 Å². The van der Waals surface area contributed by atoms with Crippen LogP contribution in [0.15, 0.2) is 0 Å².